The van der Waals surface area contributed by atoms with Crippen LogP contribution < -0.4 is 10.6 Å². The van der Waals surface area contributed by atoms with Gasteiger partial charge in [0.05, 0.1) is 0 Å². The number of hydrogen-bond acceptors (Lipinski definition) is 3. The lowest BCUT2D eigenvalue weighted by molar-refractivity contribution is -0.138. The first-order chi connectivity index (χ1) is 11.5. The third kappa shape index (κ3) is 2.93. The number of carbonyl (C=O) groups is 3. The molecule has 1 aliphatic heterocycles. The number of Topliss-reactive ketones (excluding diaryl/α,β-unsaturated/α-hetero) is 1. The summed E-state index contributed by atoms with van der Waals surface area (Å²) in [7, 11) is 0. The maximum atomic E-state index is 12.4. The van der Waals surface area contributed by atoms with Gasteiger partial charge in [-0.15, -0.1) is 0 Å². The van der Waals surface area contributed by atoms with E-state index in [-0.39, 0.29) is 0 Å². The minimum Gasteiger partial charge on any atom is -0.325 e. The molecular formula is C19H18N2O3. The molecule has 1 aliphatic rings. The van der Waals surface area contributed by atoms with Crippen molar-refractivity contribution in [3.63, 3.8) is 0 Å². The number of nitrogens with one attached hydrogen (secondary N) is 2. The molecule has 3 rings (SSSR count). The third-order valence-electron chi connectivity index (χ3n) is 4.11. The van der Waals surface area contributed by atoms with Crippen LogP contribution in [0.25, 0.3) is 0 Å². The highest BCUT2D eigenvalue weighted by atomic mass is 16.2. The van der Waals surface area contributed by atoms with E-state index < -0.39 is 23.5 Å². The quantitative estimate of drug-likeness (QED) is 0.671. The number of rotatable bonds is 4. The smallest absolute Gasteiger partial charge is 0.292 e. The van der Waals surface area contributed by atoms with E-state index in [1.54, 1.807) is 36.4 Å². The first kappa shape index (κ1) is 15.9. The van der Waals surface area contributed by atoms with Crippen LogP contribution >= 0.6 is 0 Å². The number of ketones is 1. The van der Waals surface area contributed by atoms with Crippen molar-refractivity contribution in [2.45, 2.75) is 25.7 Å². The van der Waals surface area contributed by atoms with Gasteiger partial charge in [0.1, 0.15) is 5.92 Å². The number of carbonyl (C=O) groups excluding carboxylic acids is 3. The molecule has 2 aromatic carbocycles. The molecule has 24 heavy (non-hydrogen) atoms. The standard InChI is InChI=1S/C19H18N2O3/c1-11(2)12-7-9-13(10-8-12)20-19(24)17(22)16-14-5-3-4-6-15(14)21-18(16)23/h3-11,16H,1-2H3,(H,20,24)(H,21,23). The van der Waals surface area contributed by atoms with E-state index in [2.05, 4.69) is 24.5 Å². The molecule has 0 radical (unpaired) electrons. The Balaban J connectivity index is 1.76. The lowest BCUT2D eigenvalue weighted by atomic mass is 9.95. The van der Waals surface area contributed by atoms with Crippen LogP contribution in [0.15, 0.2) is 48.5 Å². The molecule has 2 aromatic rings. The van der Waals surface area contributed by atoms with Crippen LogP contribution in [-0.4, -0.2) is 17.6 Å². The van der Waals surface area contributed by atoms with Gasteiger partial charge in [-0.3, -0.25) is 14.4 Å². The average molecular weight is 322 g/mol. The van der Waals surface area contributed by atoms with Gasteiger partial charge in [0.2, 0.25) is 11.7 Å². The molecule has 2 amide bonds. The summed E-state index contributed by atoms with van der Waals surface area (Å²) in [6, 6.07) is 14.2. The lowest BCUT2D eigenvalue weighted by Crippen LogP contribution is -2.31. The zero-order valence-corrected chi connectivity index (χ0v) is 13.5. The summed E-state index contributed by atoms with van der Waals surface area (Å²) in [5.74, 6) is -2.72. The van der Waals surface area contributed by atoms with Crippen LogP contribution in [0, 0.1) is 0 Å². The van der Waals surface area contributed by atoms with Crippen molar-refractivity contribution in [3.8, 4) is 0 Å². The molecule has 122 valence electrons. The molecular weight excluding hydrogens is 304 g/mol. The molecule has 1 atom stereocenters. The fourth-order valence-corrected chi connectivity index (χ4v) is 2.74. The number of anilines is 2. The topological polar surface area (TPSA) is 75.3 Å². The molecule has 0 spiro atoms. The van der Waals surface area contributed by atoms with E-state index in [9.17, 15) is 14.4 Å². The van der Waals surface area contributed by atoms with Gasteiger partial charge in [0, 0.05) is 11.4 Å². The Hall–Kier alpha value is -2.95. The van der Waals surface area contributed by atoms with Crippen molar-refractivity contribution in [2.24, 2.45) is 0 Å². The van der Waals surface area contributed by atoms with Gasteiger partial charge in [-0.05, 0) is 35.2 Å². The highest BCUT2D eigenvalue weighted by Gasteiger charge is 2.39. The van der Waals surface area contributed by atoms with Gasteiger partial charge in [0.15, 0.2) is 0 Å². The fourth-order valence-electron chi connectivity index (χ4n) is 2.74. The number of para-hydroxylation sites is 1. The van der Waals surface area contributed by atoms with Crippen LogP contribution in [0.2, 0.25) is 0 Å². The molecule has 0 bridgehead atoms. The zero-order chi connectivity index (χ0) is 17.3. The number of fused-ring (bicyclic) bond motifs is 1. The summed E-state index contributed by atoms with van der Waals surface area (Å²) >= 11 is 0. The van der Waals surface area contributed by atoms with E-state index in [4.69, 9.17) is 0 Å². The van der Waals surface area contributed by atoms with Crippen molar-refractivity contribution >= 4 is 29.0 Å². The van der Waals surface area contributed by atoms with Crippen LogP contribution in [-0.2, 0) is 14.4 Å². The third-order valence-corrected chi connectivity index (χ3v) is 4.11. The van der Waals surface area contributed by atoms with E-state index in [0.717, 1.165) is 5.56 Å². The van der Waals surface area contributed by atoms with E-state index >= 15 is 0 Å². The van der Waals surface area contributed by atoms with Crippen molar-refractivity contribution < 1.29 is 14.4 Å². The molecule has 0 saturated carbocycles. The summed E-state index contributed by atoms with van der Waals surface area (Å²) in [6.07, 6.45) is 0. The molecule has 0 aromatic heterocycles. The Bertz CT molecular complexity index is 810. The van der Waals surface area contributed by atoms with Gasteiger partial charge in [-0.1, -0.05) is 44.2 Å². The predicted octanol–water partition coefficient (Wildman–Crippen LogP) is 3.05. The van der Waals surface area contributed by atoms with Gasteiger partial charge in [-0.2, -0.15) is 0 Å². The average Bonchev–Trinajstić information content (AvgIpc) is 2.90. The summed E-state index contributed by atoms with van der Waals surface area (Å²) in [5, 5.41) is 5.19. The molecule has 1 heterocycles. The summed E-state index contributed by atoms with van der Waals surface area (Å²) in [5.41, 5.74) is 2.79. The van der Waals surface area contributed by atoms with Gasteiger partial charge >= 0.3 is 0 Å². The highest BCUT2D eigenvalue weighted by molar-refractivity contribution is 6.47. The zero-order valence-electron chi connectivity index (χ0n) is 13.5. The SMILES string of the molecule is CC(C)c1ccc(NC(=O)C(=O)C2C(=O)Nc3ccccc32)cc1. The minimum absolute atomic E-state index is 0.384. The Labute approximate surface area is 140 Å². The normalized spacial score (nSPS) is 15.8. The first-order valence-corrected chi connectivity index (χ1v) is 7.82. The Morgan fingerprint density at radius 2 is 1.71 bits per heavy atom. The van der Waals surface area contributed by atoms with E-state index in [0.29, 0.717) is 22.9 Å². The largest absolute Gasteiger partial charge is 0.325 e. The van der Waals surface area contributed by atoms with E-state index in [1.807, 2.05) is 12.1 Å². The molecule has 0 aliphatic carbocycles. The maximum Gasteiger partial charge on any atom is 0.292 e. The molecule has 1 unspecified atom stereocenters. The summed E-state index contributed by atoms with van der Waals surface area (Å²) in [6.45, 7) is 4.15. The van der Waals surface area contributed by atoms with Crippen LogP contribution in [0.4, 0.5) is 11.4 Å². The van der Waals surface area contributed by atoms with Gasteiger partial charge < -0.3 is 10.6 Å². The van der Waals surface area contributed by atoms with Gasteiger partial charge in [0.25, 0.3) is 5.91 Å². The molecule has 5 nitrogen and oxygen atoms in total. The van der Waals surface area contributed by atoms with Crippen LogP contribution in [0.1, 0.15) is 36.8 Å². The molecule has 0 fully saturated rings. The maximum absolute atomic E-state index is 12.4. The van der Waals surface area contributed by atoms with Crippen LogP contribution in [0.5, 0.6) is 0 Å². The fraction of sp³-hybridized carbons (Fsp3) is 0.211. The van der Waals surface area contributed by atoms with Crippen molar-refractivity contribution in [1.29, 1.82) is 0 Å². The van der Waals surface area contributed by atoms with Crippen molar-refractivity contribution in [2.75, 3.05) is 10.6 Å². The highest BCUT2D eigenvalue weighted by Crippen LogP contribution is 2.32. The Morgan fingerprint density at radius 3 is 2.38 bits per heavy atom. The molecule has 2 N–H and O–H groups in total. The van der Waals surface area contributed by atoms with Gasteiger partial charge in [-0.25, -0.2) is 0 Å². The number of amides is 2. The minimum atomic E-state index is -1.09. The number of hydrogen-bond donors (Lipinski definition) is 2. The summed E-state index contributed by atoms with van der Waals surface area (Å²) in [4.78, 5) is 36.7. The Kier molecular flexibility index (Phi) is 4.16. The predicted molar refractivity (Wildman–Crippen MR) is 92.0 cm³/mol. The Morgan fingerprint density at radius 1 is 1.04 bits per heavy atom. The monoisotopic (exact) mass is 322 g/mol. The van der Waals surface area contributed by atoms with Crippen molar-refractivity contribution in [1.82, 2.24) is 0 Å². The second-order valence-corrected chi connectivity index (χ2v) is 6.10. The van der Waals surface area contributed by atoms with Crippen LogP contribution in [0.3, 0.4) is 0 Å². The molecule has 0 saturated heterocycles. The molecule has 5 heteroatoms. The second-order valence-electron chi connectivity index (χ2n) is 6.10. The second kappa shape index (κ2) is 6.28. The lowest BCUT2D eigenvalue weighted by Gasteiger charge is -2.10. The summed E-state index contributed by atoms with van der Waals surface area (Å²) < 4.78 is 0. The number of benzene rings is 2. The first-order valence-electron chi connectivity index (χ1n) is 7.82. The van der Waals surface area contributed by atoms with E-state index in [1.165, 1.54) is 0 Å². The van der Waals surface area contributed by atoms with Crippen molar-refractivity contribution in [3.05, 3.63) is 59.7 Å².